The van der Waals surface area contributed by atoms with E-state index in [1.54, 1.807) is 6.21 Å². The Morgan fingerprint density at radius 2 is 1.71 bits per heavy atom. The number of carbonyl (C=O) groups excluding carboxylic acids is 1. The van der Waals surface area contributed by atoms with Crippen LogP contribution in [0.25, 0.3) is 10.8 Å². The molecule has 1 N–H and O–H groups in total. The Hall–Kier alpha value is -2.75. The number of hydrogen-bond donors (Lipinski definition) is 1. The summed E-state index contributed by atoms with van der Waals surface area (Å²) in [4.78, 5) is 20.8. The van der Waals surface area contributed by atoms with Gasteiger partial charge >= 0.3 is 0 Å². The van der Waals surface area contributed by atoms with Crippen molar-refractivity contribution >= 4 is 66.5 Å². The maximum Gasteiger partial charge on any atom is 0.250 e. The van der Waals surface area contributed by atoms with Gasteiger partial charge in [-0.3, -0.25) is 4.79 Å². The third kappa shape index (κ3) is 6.90. The Bertz CT molecular complexity index is 1360. The van der Waals surface area contributed by atoms with Gasteiger partial charge in [-0.25, -0.2) is 15.4 Å². The quantitative estimate of drug-likeness (QED) is 0.105. The topological polar surface area (TPSA) is 76.5 Å². The average molecular weight is 614 g/mol. The highest BCUT2D eigenvalue weighted by molar-refractivity contribution is 9.11. The zero-order valence-electron chi connectivity index (χ0n) is 19.1. The highest BCUT2D eigenvalue weighted by Crippen LogP contribution is 2.35. The molecule has 178 valence electrons. The van der Waals surface area contributed by atoms with Crippen molar-refractivity contribution in [3.8, 4) is 5.75 Å². The minimum atomic E-state index is -0.234. The first kappa shape index (κ1) is 25.3. The Morgan fingerprint density at radius 1 is 1.03 bits per heavy atom. The smallest absolute Gasteiger partial charge is 0.250 e. The lowest BCUT2D eigenvalue weighted by Gasteiger charge is -2.13. The molecule has 1 heterocycles. The summed E-state index contributed by atoms with van der Waals surface area (Å²) >= 11 is 8.44. The number of hydrazone groups is 1. The number of halogens is 2. The summed E-state index contributed by atoms with van der Waals surface area (Å²) < 4.78 is 7.69. The van der Waals surface area contributed by atoms with Gasteiger partial charge in [0.1, 0.15) is 12.4 Å². The summed E-state index contributed by atoms with van der Waals surface area (Å²) in [5.74, 6) is 0.639. The average Bonchev–Trinajstić information content (AvgIpc) is 2.82. The van der Waals surface area contributed by atoms with E-state index in [1.807, 2.05) is 50.2 Å². The van der Waals surface area contributed by atoms with E-state index in [0.29, 0.717) is 17.5 Å². The van der Waals surface area contributed by atoms with Crippen LogP contribution in [0, 0.1) is 13.8 Å². The number of benzene rings is 3. The van der Waals surface area contributed by atoms with Crippen LogP contribution in [0.1, 0.15) is 22.5 Å². The molecule has 1 amide bonds. The lowest BCUT2D eigenvalue weighted by molar-refractivity contribution is -0.118. The fourth-order valence-corrected chi connectivity index (χ4v) is 5.65. The van der Waals surface area contributed by atoms with Crippen LogP contribution in [0.5, 0.6) is 5.75 Å². The van der Waals surface area contributed by atoms with Crippen LogP contribution in [-0.2, 0) is 11.4 Å². The maximum absolute atomic E-state index is 12.1. The molecule has 0 spiro atoms. The van der Waals surface area contributed by atoms with Crippen molar-refractivity contribution in [3.63, 3.8) is 0 Å². The molecule has 0 saturated carbocycles. The zero-order chi connectivity index (χ0) is 24.8. The number of aromatic nitrogens is 2. The normalized spacial score (nSPS) is 11.2. The number of thioether (sulfide) groups is 1. The van der Waals surface area contributed by atoms with Crippen molar-refractivity contribution in [2.24, 2.45) is 5.10 Å². The number of nitrogens with one attached hydrogen (secondary N) is 1. The molecule has 4 rings (SSSR count). The molecule has 0 unspecified atom stereocenters. The van der Waals surface area contributed by atoms with Crippen molar-refractivity contribution in [2.45, 2.75) is 25.6 Å². The van der Waals surface area contributed by atoms with Gasteiger partial charge in [-0.2, -0.15) is 5.10 Å². The van der Waals surface area contributed by atoms with E-state index >= 15 is 0 Å². The van der Waals surface area contributed by atoms with Crippen LogP contribution < -0.4 is 10.2 Å². The highest BCUT2D eigenvalue weighted by atomic mass is 79.9. The molecule has 4 aromatic rings. The number of ether oxygens (including phenoxy) is 1. The van der Waals surface area contributed by atoms with E-state index in [-0.39, 0.29) is 11.7 Å². The summed E-state index contributed by atoms with van der Waals surface area (Å²) in [6.45, 7) is 4.24. The third-order valence-corrected chi connectivity index (χ3v) is 6.99. The monoisotopic (exact) mass is 612 g/mol. The number of rotatable bonds is 8. The molecule has 0 saturated heterocycles. The summed E-state index contributed by atoms with van der Waals surface area (Å²) in [7, 11) is 0. The predicted octanol–water partition coefficient (Wildman–Crippen LogP) is 6.59. The van der Waals surface area contributed by atoms with Gasteiger partial charge in [-0.05, 0) is 85.8 Å². The Morgan fingerprint density at radius 3 is 2.46 bits per heavy atom. The number of amides is 1. The molecule has 0 aliphatic carbocycles. The van der Waals surface area contributed by atoms with Crippen LogP contribution in [0.15, 0.2) is 79.9 Å². The van der Waals surface area contributed by atoms with Crippen molar-refractivity contribution in [3.05, 3.63) is 92.1 Å². The molecule has 0 bridgehead atoms. The van der Waals surface area contributed by atoms with Gasteiger partial charge in [-0.15, -0.1) is 0 Å². The number of aryl methyl sites for hydroxylation is 2. The first-order valence-electron chi connectivity index (χ1n) is 10.7. The van der Waals surface area contributed by atoms with Crippen LogP contribution in [0.2, 0.25) is 0 Å². The molecule has 0 aliphatic heterocycles. The minimum absolute atomic E-state index is 0.175. The first-order valence-corrected chi connectivity index (χ1v) is 13.3. The molecule has 0 fully saturated rings. The van der Waals surface area contributed by atoms with Crippen molar-refractivity contribution in [1.82, 2.24) is 15.4 Å². The summed E-state index contributed by atoms with van der Waals surface area (Å²) in [6, 6.07) is 20.1. The molecule has 0 aliphatic rings. The molecule has 3 aromatic carbocycles. The van der Waals surface area contributed by atoms with E-state index in [0.717, 1.165) is 31.5 Å². The van der Waals surface area contributed by atoms with Gasteiger partial charge in [0.2, 0.25) is 0 Å². The molecular formula is C26H22Br2N4O2S. The van der Waals surface area contributed by atoms with Gasteiger partial charge in [0.05, 0.1) is 20.9 Å². The lowest BCUT2D eigenvalue weighted by Crippen LogP contribution is -2.19. The molecule has 6 nitrogen and oxygen atoms in total. The summed E-state index contributed by atoms with van der Waals surface area (Å²) in [6.07, 6.45) is 1.58. The van der Waals surface area contributed by atoms with E-state index < -0.39 is 0 Å². The molecule has 0 atom stereocenters. The summed E-state index contributed by atoms with van der Waals surface area (Å²) in [5.41, 5.74) is 6.20. The van der Waals surface area contributed by atoms with Crippen molar-refractivity contribution in [2.75, 3.05) is 5.75 Å². The van der Waals surface area contributed by atoms with E-state index in [9.17, 15) is 4.79 Å². The Kier molecular flexibility index (Phi) is 8.54. The van der Waals surface area contributed by atoms with E-state index in [4.69, 9.17) is 4.74 Å². The minimum Gasteiger partial charge on any atom is -0.487 e. The standard InChI is InChI=1S/C26H22Br2N4O2S/c1-16-10-17(2)31-26(30-16)35-15-24(33)32-29-13-18-11-22(27)25(23(28)12-18)34-14-20-8-5-7-19-6-3-4-9-21(19)20/h3-13H,14-15H2,1-2H3,(H,32,33)/b29-13-. The van der Waals surface area contributed by atoms with Gasteiger partial charge in [0, 0.05) is 11.4 Å². The van der Waals surface area contributed by atoms with Gasteiger partial charge in [-0.1, -0.05) is 54.2 Å². The molecular weight excluding hydrogens is 592 g/mol. The lowest BCUT2D eigenvalue weighted by atomic mass is 10.1. The molecule has 9 heteroatoms. The molecule has 0 radical (unpaired) electrons. The Balaban J connectivity index is 1.35. The Labute approximate surface area is 224 Å². The summed E-state index contributed by atoms with van der Waals surface area (Å²) in [5, 5.41) is 7.00. The van der Waals surface area contributed by atoms with Gasteiger partial charge in [0.15, 0.2) is 5.16 Å². The second kappa shape index (κ2) is 11.8. The van der Waals surface area contributed by atoms with Crippen LogP contribution in [0.4, 0.5) is 0 Å². The van der Waals surface area contributed by atoms with Crippen molar-refractivity contribution in [1.29, 1.82) is 0 Å². The molecule has 35 heavy (non-hydrogen) atoms. The SMILES string of the molecule is Cc1cc(C)nc(SCC(=O)N/N=C\c2cc(Br)c(OCc3cccc4ccccc34)c(Br)c2)n1. The number of fused-ring (bicyclic) bond motifs is 1. The largest absolute Gasteiger partial charge is 0.487 e. The number of nitrogens with zero attached hydrogens (tertiary/aromatic N) is 3. The second-order valence-corrected chi connectivity index (χ2v) is 10.4. The fourth-order valence-electron chi connectivity index (χ4n) is 3.46. The third-order valence-electron chi connectivity index (χ3n) is 4.97. The fraction of sp³-hybridized carbons (Fsp3) is 0.154. The number of hydrogen-bond acceptors (Lipinski definition) is 6. The van der Waals surface area contributed by atoms with Gasteiger partial charge < -0.3 is 4.74 Å². The van der Waals surface area contributed by atoms with E-state index in [1.165, 1.54) is 22.5 Å². The maximum atomic E-state index is 12.1. The van der Waals surface area contributed by atoms with Gasteiger partial charge in [0.25, 0.3) is 5.91 Å². The first-order chi connectivity index (χ1) is 16.9. The van der Waals surface area contributed by atoms with Crippen LogP contribution >= 0.6 is 43.6 Å². The van der Waals surface area contributed by atoms with E-state index in [2.05, 4.69) is 76.6 Å². The van der Waals surface area contributed by atoms with Crippen LogP contribution in [-0.4, -0.2) is 27.8 Å². The number of carbonyl (C=O) groups is 1. The highest BCUT2D eigenvalue weighted by Gasteiger charge is 2.10. The molecule has 1 aromatic heterocycles. The second-order valence-electron chi connectivity index (χ2n) is 7.76. The zero-order valence-corrected chi connectivity index (χ0v) is 23.1. The predicted molar refractivity (Wildman–Crippen MR) is 148 cm³/mol. The van der Waals surface area contributed by atoms with Crippen LogP contribution in [0.3, 0.4) is 0 Å². The van der Waals surface area contributed by atoms with Crippen molar-refractivity contribution < 1.29 is 9.53 Å².